The molecule has 0 bridgehead atoms. The summed E-state index contributed by atoms with van der Waals surface area (Å²) in [6.45, 7) is 4.17. The lowest BCUT2D eigenvalue weighted by molar-refractivity contribution is -0.191. The smallest absolute Gasteiger partial charge is 0.307 e. The minimum atomic E-state index is -0.316. The molecule has 110 valence electrons. The van der Waals surface area contributed by atoms with Crippen LogP contribution in [0, 0.1) is 0 Å². The molecule has 0 unspecified atom stereocenters. The minimum Gasteiger partial charge on any atom is -0.466 e. The van der Waals surface area contributed by atoms with Gasteiger partial charge in [0, 0.05) is 12.1 Å². The number of ether oxygens (including phenoxy) is 2. The first-order valence-corrected chi connectivity index (χ1v) is 6.86. The van der Waals surface area contributed by atoms with E-state index in [9.17, 15) is 14.8 Å². The van der Waals surface area contributed by atoms with E-state index in [1.165, 1.54) is 0 Å². The minimum absolute atomic E-state index is 0.156. The van der Waals surface area contributed by atoms with Crippen LogP contribution in [0.1, 0.15) is 46.0 Å². The topological polar surface area (TPSA) is 76.1 Å². The SMILES string of the molecule is CCOC(=O)C[C@H]1CCC[C@H](CC(=O)OCC)N1O. The second-order valence-corrected chi connectivity index (χ2v) is 4.64. The molecule has 0 saturated carbocycles. The summed E-state index contributed by atoms with van der Waals surface area (Å²) in [6.07, 6.45) is 2.65. The summed E-state index contributed by atoms with van der Waals surface area (Å²) in [7, 11) is 0. The molecule has 1 rings (SSSR count). The Hall–Kier alpha value is -1.14. The summed E-state index contributed by atoms with van der Waals surface area (Å²) < 4.78 is 9.76. The lowest BCUT2D eigenvalue weighted by atomic mass is 9.94. The molecule has 2 atom stereocenters. The van der Waals surface area contributed by atoms with Crippen molar-refractivity contribution in [2.75, 3.05) is 13.2 Å². The third-order valence-corrected chi connectivity index (χ3v) is 3.24. The maximum atomic E-state index is 11.4. The van der Waals surface area contributed by atoms with Crippen LogP contribution in [0.25, 0.3) is 0 Å². The van der Waals surface area contributed by atoms with Gasteiger partial charge >= 0.3 is 11.9 Å². The van der Waals surface area contributed by atoms with Crippen molar-refractivity contribution in [2.45, 2.75) is 58.0 Å². The maximum absolute atomic E-state index is 11.4. The Balaban J connectivity index is 2.48. The van der Waals surface area contributed by atoms with E-state index in [-0.39, 0.29) is 36.9 Å². The average Bonchev–Trinajstić information content (AvgIpc) is 2.35. The molecule has 0 aromatic heterocycles. The van der Waals surface area contributed by atoms with Crippen molar-refractivity contribution in [1.29, 1.82) is 0 Å². The molecule has 0 radical (unpaired) electrons. The predicted molar refractivity (Wildman–Crippen MR) is 67.6 cm³/mol. The van der Waals surface area contributed by atoms with Gasteiger partial charge in [-0.2, -0.15) is 5.06 Å². The fourth-order valence-corrected chi connectivity index (χ4v) is 2.37. The Morgan fingerprint density at radius 2 is 1.47 bits per heavy atom. The molecular formula is C13H23NO5. The van der Waals surface area contributed by atoms with Crippen LogP contribution in [-0.4, -0.2) is 47.5 Å². The predicted octanol–water partition coefficient (Wildman–Crippen LogP) is 1.51. The number of carbonyl (C=O) groups excluding carboxylic acids is 2. The van der Waals surface area contributed by atoms with Crippen LogP contribution >= 0.6 is 0 Å². The van der Waals surface area contributed by atoms with Crippen molar-refractivity contribution in [1.82, 2.24) is 5.06 Å². The molecule has 1 N–H and O–H groups in total. The van der Waals surface area contributed by atoms with Crippen LogP contribution in [0.3, 0.4) is 0 Å². The van der Waals surface area contributed by atoms with Gasteiger partial charge in [0.15, 0.2) is 0 Å². The molecule has 0 spiro atoms. The Morgan fingerprint density at radius 1 is 1.05 bits per heavy atom. The van der Waals surface area contributed by atoms with E-state index in [0.29, 0.717) is 13.2 Å². The summed E-state index contributed by atoms with van der Waals surface area (Å²) in [5, 5.41) is 11.2. The number of hydrogen-bond acceptors (Lipinski definition) is 6. The quantitative estimate of drug-likeness (QED) is 0.739. The zero-order valence-corrected chi connectivity index (χ0v) is 11.6. The third kappa shape index (κ3) is 5.16. The summed E-state index contributed by atoms with van der Waals surface area (Å²) in [4.78, 5) is 22.9. The van der Waals surface area contributed by atoms with Crippen LogP contribution in [0.5, 0.6) is 0 Å². The van der Waals surface area contributed by atoms with E-state index in [1.807, 2.05) is 0 Å². The van der Waals surface area contributed by atoms with Crippen molar-refractivity contribution in [3.63, 3.8) is 0 Å². The molecule has 1 heterocycles. The molecule has 1 aliphatic heterocycles. The molecule has 19 heavy (non-hydrogen) atoms. The highest BCUT2D eigenvalue weighted by atomic mass is 16.5. The van der Waals surface area contributed by atoms with Gasteiger partial charge in [0.25, 0.3) is 0 Å². The third-order valence-electron chi connectivity index (χ3n) is 3.24. The van der Waals surface area contributed by atoms with Gasteiger partial charge in [-0.25, -0.2) is 0 Å². The molecular weight excluding hydrogens is 250 g/mol. The van der Waals surface area contributed by atoms with Gasteiger partial charge < -0.3 is 14.7 Å². The van der Waals surface area contributed by atoms with Gasteiger partial charge in [0.2, 0.25) is 0 Å². The summed E-state index contributed by atoms with van der Waals surface area (Å²) in [5.41, 5.74) is 0. The zero-order chi connectivity index (χ0) is 14.3. The van der Waals surface area contributed by atoms with Gasteiger partial charge in [-0.05, 0) is 26.7 Å². The Morgan fingerprint density at radius 3 is 1.84 bits per heavy atom. The highest BCUT2D eigenvalue weighted by molar-refractivity contribution is 5.71. The molecule has 1 saturated heterocycles. The number of hydrogen-bond donors (Lipinski definition) is 1. The summed E-state index contributed by atoms with van der Waals surface area (Å²) in [6, 6.07) is -0.542. The van der Waals surface area contributed by atoms with E-state index >= 15 is 0 Å². The van der Waals surface area contributed by atoms with Crippen molar-refractivity contribution >= 4 is 11.9 Å². The molecule has 1 aliphatic rings. The summed E-state index contributed by atoms with van der Waals surface area (Å²) in [5.74, 6) is -0.633. The molecule has 0 aliphatic carbocycles. The van der Waals surface area contributed by atoms with Crippen molar-refractivity contribution in [3.8, 4) is 0 Å². The van der Waals surface area contributed by atoms with Gasteiger partial charge in [-0.15, -0.1) is 0 Å². The average molecular weight is 273 g/mol. The van der Waals surface area contributed by atoms with E-state index < -0.39 is 0 Å². The normalized spacial score (nSPS) is 23.9. The first-order chi connectivity index (χ1) is 9.08. The molecule has 0 aromatic rings. The number of carbonyl (C=O) groups is 2. The lowest BCUT2D eigenvalue weighted by Gasteiger charge is -2.36. The van der Waals surface area contributed by atoms with Gasteiger partial charge in [0.1, 0.15) is 0 Å². The first kappa shape index (κ1) is 15.9. The second-order valence-electron chi connectivity index (χ2n) is 4.64. The fourth-order valence-electron chi connectivity index (χ4n) is 2.37. The van der Waals surface area contributed by atoms with Gasteiger partial charge in [0.05, 0.1) is 26.1 Å². The van der Waals surface area contributed by atoms with E-state index in [4.69, 9.17) is 9.47 Å². The molecule has 1 fully saturated rings. The zero-order valence-electron chi connectivity index (χ0n) is 11.6. The highest BCUT2D eigenvalue weighted by Crippen LogP contribution is 2.25. The maximum Gasteiger partial charge on any atom is 0.307 e. The van der Waals surface area contributed by atoms with E-state index in [0.717, 1.165) is 24.3 Å². The van der Waals surface area contributed by atoms with E-state index in [1.54, 1.807) is 13.8 Å². The molecule has 6 heteroatoms. The van der Waals surface area contributed by atoms with Crippen molar-refractivity contribution < 1.29 is 24.3 Å². The highest BCUT2D eigenvalue weighted by Gasteiger charge is 2.32. The number of hydroxylamine groups is 2. The number of rotatable bonds is 6. The van der Waals surface area contributed by atoms with Crippen LogP contribution in [-0.2, 0) is 19.1 Å². The Kier molecular flexibility index (Phi) is 6.80. The summed E-state index contributed by atoms with van der Waals surface area (Å²) >= 11 is 0. The monoisotopic (exact) mass is 273 g/mol. The number of esters is 2. The molecule has 0 aromatic carbocycles. The van der Waals surface area contributed by atoms with Gasteiger partial charge in [-0.3, -0.25) is 9.59 Å². The largest absolute Gasteiger partial charge is 0.466 e. The van der Waals surface area contributed by atoms with Crippen molar-refractivity contribution in [3.05, 3.63) is 0 Å². The molecule has 0 amide bonds. The standard InChI is InChI=1S/C13H23NO5/c1-3-18-12(15)8-10-6-5-7-11(14(10)17)9-13(16)19-4-2/h10-11,17H,3-9H2,1-2H3/t10-,11-/m1/s1. The van der Waals surface area contributed by atoms with Gasteiger partial charge in [-0.1, -0.05) is 6.42 Å². The Bertz CT molecular complexity index is 279. The fraction of sp³-hybridized carbons (Fsp3) is 0.846. The number of nitrogens with zero attached hydrogens (tertiary/aromatic N) is 1. The second kappa shape index (κ2) is 8.12. The lowest BCUT2D eigenvalue weighted by Crippen LogP contribution is -2.46. The Labute approximate surface area is 113 Å². The first-order valence-electron chi connectivity index (χ1n) is 6.86. The molecule has 6 nitrogen and oxygen atoms in total. The van der Waals surface area contributed by atoms with E-state index in [2.05, 4.69) is 0 Å². The van der Waals surface area contributed by atoms with Crippen molar-refractivity contribution in [2.24, 2.45) is 0 Å². The van der Waals surface area contributed by atoms with Crippen LogP contribution in [0.4, 0.5) is 0 Å². The van der Waals surface area contributed by atoms with Crippen LogP contribution in [0.15, 0.2) is 0 Å². The number of piperidine rings is 1. The van der Waals surface area contributed by atoms with Crippen LogP contribution < -0.4 is 0 Å². The van der Waals surface area contributed by atoms with Crippen LogP contribution in [0.2, 0.25) is 0 Å².